The van der Waals surface area contributed by atoms with E-state index in [0.29, 0.717) is 17.7 Å². The fourth-order valence-corrected chi connectivity index (χ4v) is 1.55. The molecule has 0 spiro atoms. The molecule has 0 aliphatic heterocycles. The normalized spacial score (nSPS) is 12.2. The summed E-state index contributed by atoms with van der Waals surface area (Å²) in [7, 11) is 1.55. The molecule has 4 nitrogen and oxygen atoms in total. The Hall–Kier alpha value is -1.55. The smallest absolute Gasteiger partial charge is 0.217 e. The van der Waals surface area contributed by atoms with Gasteiger partial charge in [0.2, 0.25) is 5.91 Å². The van der Waals surface area contributed by atoms with Crippen LogP contribution in [0.1, 0.15) is 30.1 Å². The Morgan fingerprint density at radius 2 is 2.25 bits per heavy atom. The number of amides is 1. The van der Waals surface area contributed by atoms with E-state index in [1.807, 2.05) is 19.1 Å². The fourth-order valence-electron chi connectivity index (χ4n) is 1.55. The molecule has 1 amide bonds. The van der Waals surface area contributed by atoms with Crippen LogP contribution in [0.15, 0.2) is 18.2 Å². The van der Waals surface area contributed by atoms with E-state index in [0.717, 1.165) is 5.56 Å². The van der Waals surface area contributed by atoms with Crippen molar-refractivity contribution < 1.29 is 14.6 Å². The molecule has 0 bridgehead atoms. The minimum atomic E-state index is -0.720. The summed E-state index contributed by atoms with van der Waals surface area (Å²) in [4.78, 5) is 10.6. The number of methoxy groups -OCH3 is 1. The van der Waals surface area contributed by atoms with Crippen molar-refractivity contribution in [2.24, 2.45) is 5.73 Å². The van der Waals surface area contributed by atoms with Gasteiger partial charge in [-0.3, -0.25) is 4.79 Å². The first kappa shape index (κ1) is 12.5. The van der Waals surface area contributed by atoms with E-state index in [-0.39, 0.29) is 6.42 Å². The third-order valence-corrected chi connectivity index (χ3v) is 2.41. The second kappa shape index (κ2) is 5.51. The summed E-state index contributed by atoms with van der Waals surface area (Å²) >= 11 is 0. The Labute approximate surface area is 95.0 Å². The number of nitrogens with two attached hydrogens (primary N) is 1. The van der Waals surface area contributed by atoms with Gasteiger partial charge in [-0.1, -0.05) is 11.6 Å². The first-order chi connectivity index (χ1) is 7.54. The maximum Gasteiger partial charge on any atom is 0.217 e. The van der Waals surface area contributed by atoms with Gasteiger partial charge in [0.05, 0.1) is 13.2 Å². The van der Waals surface area contributed by atoms with Crippen LogP contribution in [0, 0.1) is 6.92 Å². The predicted octanol–water partition coefficient (Wildman–Crippen LogP) is 1.30. The molecule has 1 aromatic carbocycles. The zero-order chi connectivity index (χ0) is 12.1. The summed E-state index contributed by atoms with van der Waals surface area (Å²) in [5.74, 6) is 0.216. The molecule has 0 saturated carbocycles. The molecular weight excluding hydrogens is 206 g/mol. The van der Waals surface area contributed by atoms with Gasteiger partial charge >= 0.3 is 0 Å². The SMILES string of the molecule is COc1ccc(C)cc1C(O)CCC(N)=O. The number of carbonyl (C=O) groups is 1. The molecule has 0 saturated heterocycles. The number of ether oxygens (including phenoxy) is 1. The van der Waals surface area contributed by atoms with E-state index < -0.39 is 12.0 Å². The van der Waals surface area contributed by atoms with Crippen LogP contribution in [-0.2, 0) is 4.79 Å². The third kappa shape index (κ3) is 3.24. The number of aliphatic hydroxyl groups excluding tert-OH is 1. The standard InChI is InChI=1S/C12H17NO3/c1-8-3-5-11(16-2)9(7-8)10(14)4-6-12(13)15/h3,5,7,10,14H,4,6H2,1-2H3,(H2,13,15). The number of carbonyl (C=O) groups excluding carboxylic acids is 1. The van der Waals surface area contributed by atoms with Crippen LogP contribution in [-0.4, -0.2) is 18.1 Å². The summed E-state index contributed by atoms with van der Waals surface area (Å²) in [6.07, 6.45) is -0.240. The van der Waals surface area contributed by atoms with Crippen LogP contribution in [0.25, 0.3) is 0 Å². The number of rotatable bonds is 5. The molecule has 3 N–H and O–H groups in total. The zero-order valence-corrected chi connectivity index (χ0v) is 9.56. The van der Waals surface area contributed by atoms with Crippen molar-refractivity contribution in [2.45, 2.75) is 25.9 Å². The van der Waals surface area contributed by atoms with E-state index in [4.69, 9.17) is 10.5 Å². The minimum Gasteiger partial charge on any atom is -0.496 e. The third-order valence-electron chi connectivity index (χ3n) is 2.41. The first-order valence-corrected chi connectivity index (χ1v) is 5.15. The Balaban J connectivity index is 2.84. The van der Waals surface area contributed by atoms with Gasteiger partial charge in [0, 0.05) is 12.0 Å². The zero-order valence-electron chi connectivity index (χ0n) is 9.56. The van der Waals surface area contributed by atoms with E-state index in [9.17, 15) is 9.90 Å². The minimum absolute atomic E-state index is 0.165. The van der Waals surface area contributed by atoms with Gasteiger partial charge in [-0.15, -0.1) is 0 Å². The lowest BCUT2D eigenvalue weighted by Crippen LogP contribution is -2.12. The van der Waals surface area contributed by atoms with Gasteiger partial charge < -0.3 is 15.6 Å². The average Bonchev–Trinajstić information content (AvgIpc) is 2.25. The van der Waals surface area contributed by atoms with E-state index in [1.165, 1.54) is 0 Å². The summed E-state index contributed by atoms with van der Waals surface area (Å²) in [6, 6.07) is 5.56. The van der Waals surface area contributed by atoms with E-state index in [1.54, 1.807) is 13.2 Å². The fraction of sp³-hybridized carbons (Fsp3) is 0.417. The number of hydrogen-bond donors (Lipinski definition) is 2. The van der Waals surface area contributed by atoms with Crippen LogP contribution in [0.3, 0.4) is 0 Å². The lowest BCUT2D eigenvalue weighted by molar-refractivity contribution is -0.118. The Kier molecular flexibility index (Phi) is 4.31. The molecule has 1 rings (SSSR count). The lowest BCUT2D eigenvalue weighted by Gasteiger charge is -2.14. The molecule has 88 valence electrons. The number of aliphatic hydroxyl groups is 1. The maximum absolute atomic E-state index is 10.6. The number of benzene rings is 1. The van der Waals surface area contributed by atoms with Crippen molar-refractivity contribution in [1.82, 2.24) is 0 Å². The largest absolute Gasteiger partial charge is 0.496 e. The molecule has 1 atom stereocenters. The topological polar surface area (TPSA) is 72.6 Å². The number of aryl methyl sites for hydroxylation is 1. The quantitative estimate of drug-likeness (QED) is 0.790. The van der Waals surface area contributed by atoms with Crippen molar-refractivity contribution in [3.05, 3.63) is 29.3 Å². The monoisotopic (exact) mass is 223 g/mol. The maximum atomic E-state index is 10.6. The van der Waals surface area contributed by atoms with Crippen LogP contribution < -0.4 is 10.5 Å². The Morgan fingerprint density at radius 1 is 1.56 bits per heavy atom. The second-order valence-electron chi connectivity index (χ2n) is 3.77. The second-order valence-corrected chi connectivity index (χ2v) is 3.77. The van der Waals surface area contributed by atoms with Crippen LogP contribution in [0.2, 0.25) is 0 Å². The van der Waals surface area contributed by atoms with Crippen molar-refractivity contribution in [2.75, 3.05) is 7.11 Å². The van der Waals surface area contributed by atoms with Crippen molar-refractivity contribution in [3.8, 4) is 5.75 Å². The van der Waals surface area contributed by atoms with Gasteiger partial charge in [-0.25, -0.2) is 0 Å². The van der Waals surface area contributed by atoms with Crippen molar-refractivity contribution in [3.63, 3.8) is 0 Å². The van der Waals surface area contributed by atoms with Gasteiger partial charge in [-0.05, 0) is 25.5 Å². The molecule has 0 aromatic heterocycles. The summed E-state index contributed by atoms with van der Waals surface area (Å²) < 4.78 is 5.15. The highest BCUT2D eigenvalue weighted by Gasteiger charge is 2.14. The highest BCUT2D eigenvalue weighted by atomic mass is 16.5. The molecule has 1 aromatic rings. The first-order valence-electron chi connectivity index (χ1n) is 5.15. The van der Waals surface area contributed by atoms with Crippen LogP contribution in [0.5, 0.6) is 5.75 Å². The van der Waals surface area contributed by atoms with Gasteiger partial charge in [-0.2, -0.15) is 0 Å². The van der Waals surface area contributed by atoms with Crippen molar-refractivity contribution >= 4 is 5.91 Å². The van der Waals surface area contributed by atoms with E-state index >= 15 is 0 Å². The molecule has 16 heavy (non-hydrogen) atoms. The lowest BCUT2D eigenvalue weighted by atomic mass is 10.0. The van der Waals surface area contributed by atoms with E-state index in [2.05, 4.69) is 0 Å². The molecule has 0 radical (unpaired) electrons. The highest BCUT2D eigenvalue weighted by molar-refractivity contribution is 5.73. The predicted molar refractivity (Wildman–Crippen MR) is 61.1 cm³/mol. The van der Waals surface area contributed by atoms with Gasteiger partial charge in [0.25, 0.3) is 0 Å². The van der Waals surface area contributed by atoms with Gasteiger partial charge in [0.1, 0.15) is 5.75 Å². The summed E-state index contributed by atoms with van der Waals surface area (Å²) in [6.45, 7) is 1.93. The number of hydrogen-bond acceptors (Lipinski definition) is 3. The Morgan fingerprint density at radius 3 is 2.81 bits per heavy atom. The molecule has 0 aliphatic carbocycles. The van der Waals surface area contributed by atoms with Gasteiger partial charge in [0.15, 0.2) is 0 Å². The molecular formula is C12H17NO3. The molecule has 0 aliphatic rings. The molecule has 4 heteroatoms. The summed E-state index contributed by atoms with van der Waals surface area (Å²) in [5.41, 5.74) is 6.77. The number of primary amides is 1. The summed E-state index contributed by atoms with van der Waals surface area (Å²) in [5, 5.41) is 9.92. The van der Waals surface area contributed by atoms with Crippen LogP contribution >= 0.6 is 0 Å². The highest BCUT2D eigenvalue weighted by Crippen LogP contribution is 2.28. The van der Waals surface area contributed by atoms with Crippen molar-refractivity contribution in [1.29, 1.82) is 0 Å². The Bertz CT molecular complexity index is 377. The molecule has 0 fully saturated rings. The van der Waals surface area contributed by atoms with Crippen LogP contribution in [0.4, 0.5) is 0 Å². The molecule has 1 unspecified atom stereocenters. The average molecular weight is 223 g/mol. The molecule has 0 heterocycles.